The van der Waals surface area contributed by atoms with Crippen molar-refractivity contribution < 1.29 is 8.83 Å². The Morgan fingerprint density at radius 3 is 1.96 bits per heavy atom. The van der Waals surface area contributed by atoms with Gasteiger partial charge in [-0.15, -0.1) is 0 Å². The Morgan fingerprint density at radius 1 is 0.400 bits per heavy atom. The molecule has 0 radical (unpaired) electrons. The SMILES string of the molecule is c1ccc(-c2ccc3oc4nc(-c5ccccc5)nc(-c5cc(-n6c7ccccc7c7ccc8ccccc8c76)c6c(c5)oc5ccccc56)c4c3c2)cc1. The van der Waals surface area contributed by atoms with Gasteiger partial charge < -0.3 is 13.4 Å². The van der Waals surface area contributed by atoms with Gasteiger partial charge in [0, 0.05) is 38.1 Å². The molecule has 0 saturated carbocycles. The summed E-state index contributed by atoms with van der Waals surface area (Å²) in [5.74, 6) is 0.597. The van der Waals surface area contributed by atoms with Crippen molar-refractivity contribution in [2.75, 3.05) is 0 Å². The number of benzene rings is 8. The van der Waals surface area contributed by atoms with Crippen LogP contribution in [0, 0.1) is 0 Å². The first kappa shape index (κ1) is 30.0. The number of rotatable bonds is 4. The van der Waals surface area contributed by atoms with Gasteiger partial charge in [-0.3, -0.25) is 0 Å². The summed E-state index contributed by atoms with van der Waals surface area (Å²) >= 11 is 0. The lowest BCUT2D eigenvalue weighted by Crippen LogP contribution is -1.98. The van der Waals surface area contributed by atoms with Crippen LogP contribution in [0.1, 0.15) is 0 Å². The summed E-state index contributed by atoms with van der Waals surface area (Å²) in [6.45, 7) is 0. The fourth-order valence-electron chi connectivity index (χ4n) is 8.54. The second-order valence-corrected chi connectivity index (χ2v) is 14.1. The maximum Gasteiger partial charge on any atom is 0.231 e. The summed E-state index contributed by atoms with van der Waals surface area (Å²) in [6.07, 6.45) is 0. The smallest absolute Gasteiger partial charge is 0.231 e. The van der Waals surface area contributed by atoms with Gasteiger partial charge in [0.15, 0.2) is 5.82 Å². The molecule has 0 aliphatic carbocycles. The third-order valence-electron chi connectivity index (χ3n) is 11.0. The number of hydrogen-bond donors (Lipinski definition) is 0. The second kappa shape index (κ2) is 11.5. The summed E-state index contributed by atoms with van der Waals surface area (Å²) in [5.41, 5.74) is 11.0. The zero-order chi connectivity index (χ0) is 36.0. The molecule has 5 heteroatoms. The van der Waals surface area contributed by atoms with Crippen LogP contribution >= 0.6 is 0 Å². The quantitative estimate of drug-likeness (QED) is 0.183. The monoisotopic (exact) mass is 703 g/mol. The zero-order valence-electron chi connectivity index (χ0n) is 29.4. The molecule has 12 aromatic rings. The molecule has 0 spiro atoms. The van der Waals surface area contributed by atoms with Gasteiger partial charge in [0.2, 0.25) is 5.71 Å². The van der Waals surface area contributed by atoms with Crippen molar-refractivity contribution in [1.82, 2.24) is 14.5 Å². The van der Waals surface area contributed by atoms with Crippen LogP contribution in [-0.2, 0) is 0 Å². The van der Waals surface area contributed by atoms with Crippen LogP contribution in [-0.4, -0.2) is 14.5 Å². The first-order valence-corrected chi connectivity index (χ1v) is 18.5. The Morgan fingerprint density at radius 2 is 1.11 bits per heavy atom. The molecule has 5 nitrogen and oxygen atoms in total. The molecule has 12 rings (SSSR count). The third kappa shape index (κ3) is 4.47. The molecule has 0 aliphatic heterocycles. The first-order valence-electron chi connectivity index (χ1n) is 18.5. The molecule has 55 heavy (non-hydrogen) atoms. The van der Waals surface area contributed by atoms with Crippen LogP contribution in [0.15, 0.2) is 185 Å². The lowest BCUT2D eigenvalue weighted by molar-refractivity contribution is 0.653. The maximum absolute atomic E-state index is 6.76. The number of hydrogen-bond acceptors (Lipinski definition) is 4. The average Bonchev–Trinajstić information content (AvgIpc) is 3.93. The van der Waals surface area contributed by atoms with E-state index in [1.165, 1.54) is 21.5 Å². The Bertz CT molecular complexity index is 3480. The van der Waals surface area contributed by atoms with Gasteiger partial charge in [-0.05, 0) is 52.9 Å². The van der Waals surface area contributed by atoms with Crippen molar-refractivity contribution in [1.29, 1.82) is 0 Å². The summed E-state index contributed by atoms with van der Waals surface area (Å²) in [6, 6.07) is 61.4. The minimum Gasteiger partial charge on any atom is -0.456 e. The van der Waals surface area contributed by atoms with Gasteiger partial charge in [0.05, 0.1) is 33.2 Å². The maximum atomic E-state index is 6.76. The van der Waals surface area contributed by atoms with Crippen LogP contribution in [0.5, 0.6) is 0 Å². The average molecular weight is 704 g/mol. The van der Waals surface area contributed by atoms with Gasteiger partial charge in [0.1, 0.15) is 16.7 Å². The number of aromatic nitrogens is 3. The fourth-order valence-corrected chi connectivity index (χ4v) is 8.54. The molecule has 8 aromatic carbocycles. The molecule has 256 valence electrons. The lowest BCUT2D eigenvalue weighted by Gasteiger charge is -2.14. The van der Waals surface area contributed by atoms with Crippen LogP contribution in [0.2, 0.25) is 0 Å². The lowest BCUT2D eigenvalue weighted by atomic mass is 9.99. The van der Waals surface area contributed by atoms with Crippen molar-refractivity contribution in [2.45, 2.75) is 0 Å². The molecule has 0 bridgehead atoms. The Labute approximate surface area is 314 Å². The predicted octanol–water partition coefficient (Wildman–Crippen LogP) is 13.5. The Balaban J connectivity index is 1.24. The molecule has 0 amide bonds. The van der Waals surface area contributed by atoms with Gasteiger partial charge in [-0.2, -0.15) is 4.98 Å². The zero-order valence-corrected chi connectivity index (χ0v) is 29.4. The molecule has 0 aliphatic rings. The minimum absolute atomic E-state index is 0.540. The fraction of sp³-hybridized carbons (Fsp3) is 0. The van der Waals surface area contributed by atoms with E-state index in [9.17, 15) is 0 Å². The predicted molar refractivity (Wildman–Crippen MR) is 225 cm³/mol. The molecular weight excluding hydrogens is 675 g/mol. The van der Waals surface area contributed by atoms with Crippen LogP contribution in [0.4, 0.5) is 0 Å². The highest BCUT2D eigenvalue weighted by molar-refractivity contribution is 6.21. The van der Waals surface area contributed by atoms with Crippen LogP contribution < -0.4 is 0 Å². The Kier molecular flexibility index (Phi) is 6.27. The van der Waals surface area contributed by atoms with E-state index in [2.05, 4.69) is 126 Å². The highest BCUT2D eigenvalue weighted by Gasteiger charge is 2.24. The van der Waals surface area contributed by atoms with E-state index < -0.39 is 0 Å². The third-order valence-corrected chi connectivity index (χ3v) is 11.0. The second-order valence-electron chi connectivity index (χ2n) is 14.1. The standard InChI is InChI=1S/C50H29N3O2/c1-3-13-30(14-4-1)33-24-26-43-39(27-33)46-47(51-49(52-50(46)55-43)32-16-5-2-6-17-32)34-28-41(45-38-20-10-12-22-42(38)54-44(45)29-34)53-40-21-11-9-19-36(40)37-25-23-31-15-7-8-18-35(31)48(37)53/h1-29H. The van der Waals surface area contributed by atoms with E-state index in [1.807, 2.05) is 54.6 Å². The van der Waals surface area contributed by atoms with E-state index in [0.717, 1.165) is 83.0 Å². The van der Waals surface area contributed by atoms with E-state index in [-0.39, 0.29) is 0 Å². The minimum atomic E-state index is 0.540. The summed E-state index contributed by atoms with van der Waals surface area (Å²) in [5, 5.41) is 8.70. The first-order chi connectivity index (χ1) is 27.3. The highest BCUT2D eigenvalue weighted by Crippen LogP contribution is 2.45. The van der Waals surface area contributed by atoms with Crippen LogP contribution in [0.25, 0.3) is 116 Å². The summed E-state index contributed by atoms with van der Waals surface area (Å²) < 4.78 is 15.8. The van der Waals surface area contributed by atoms with Crippen molar-refractivity contribution >= 4 is 76.6 Å². The topological polar surface area (TPSA) is 57.0 Å². The molecule has 0 unspecified atom stereocenters. The molecule has 4 aromatic heterocycles. The number of fused-ring (bicyclic) bond motifs is 11. The number of furan rings is 2. The molecule has 0 saturated heterocycles. The summed E-state index contributed by atoms with van der Waals surface area (Å²) in [4.78, 5) is 10.5. The van der Waals surface area contributed by atoms with E-state index in [1.54, 1.807) is 0 Å². The molecule has 0 fully saturated rings. The number of nitrogens with zero attached hydrogens (tertiary/aromatic N) is 3. The van der Waals surface area contributed by atoms with Crippen LogP contribution in [0.3, 0.4) is 0 Å². The van der Waals surface area contributed by atoms with Gasteiger partial charge in [-0.1, -0.05) is 140 Å². The largest absolute Gasteiger partial charge is 0.456 e. The highest BCUT2D eigenvalue weighted by atomic mass is 16.3. The van der Waals surface area contributed by atoms with Crippen molar-refractivity contribution in [3.63, 3.8) is 0 Å². The molecule has 0 atom stereocenters. The summed E-state index contributed by atoms with van der Waals surface area (Å²) in [7, 11) is 0. The molecular formula is C50H29N3O2. The van der Waals surface area contributed by atoms with E-state index >= 15 is 0 Å². The van der Waals surface area contributed by atoms with E-state index in [4.69, 9.17) is 18.8 Å². The van der Waals surface area contributed by atoms with Crippen molar-refractivity contribution in [3.05, 3.63) is 176 Å². The van der Waals surface area contributed by atoms with Gasteiger partial charge in [-0.25, -0.2) is 4.98 Å². The van der Waals surface area contributed by atoms with Crippen molar-refractivity contribution in [3.8, 4) is 39.5 Å². The van der Waals surface area contributed by atoms with Gasteiger partial charge >= 0.3 is 0 Å². The molecule has 4 heterocycles. The molecule has 0 N–H and O–H groups in total. The van der Waals surface area contributed by atoms with Gasteiger partial charge in [0.25, 0.3) is 0 Å². The van der Waals surface area contributed by atoms with Crippen molar-refractivity contribution in [2.24, 2.45) is 0 Å². The Hall–Kier alpha value is -7.50. The normalized spacial score (nSPS) is 12.0. The van der Waals surface area contributed by atoms with E-state index in [0.29, 0.717) is 11.5 Å². The number of para-hydroxylation sites is 2.